The maximum absolute atomic E-state index is 2.50. The van der Waals surface area contributed by atoms with Gasteiger partial charge in [0.1, 0.15) is 0 Å². The van der Waals surface area contributed by atoms with E-state index in [1.54, 1.807) is 0 Å². The first-order chi connectivity index (χ1) is 28.3. The second-order valence-electron chi connectivity index (χ2n) is 14.1. The first-order valence-corrected chi connectivity index (χ1v) is 26.0. The number of hydrogen-bond donors (Lipinski definition) is 0. The van der Waals surface area contributed by atoms with Crippen molar-refractivity contribution in [3.05, 3.63) is 231 Å². The van der Waals surface area contributed by atoms with Crippen LogP contribution in [0.25, 0.3) is 11.1 Å². The third-order valence-electron chi connectivity index (χ3n) is 10.4. The Labute approximate surface area is 345 Å². The lowest BCUT2D eigenvalue weighted by Gasteiger charge is -2.24. The van der Waals surface area contributed by atoms with Crippen LogP contribution >= 0.6 is 31.7 Å². The van der Waals surface area contributed by atoms with Crippen LogP contribution in [0.3, 0.4) is 0 Å². The van der Waals surface area contributed by atoms with Crippen LogP contribution in [0.15, 0.2) is 231 Å². The molecule has 280 valence electrons. The molecular formula is C53H48P4. The maximum Gasteiger partial charge on any atom is -0.0177 e. The molecule has 0 fully saturated rings. The van der Waals surface area contributed by atoms with E-state index in [0.717, 1.165) is 12.3 Å². The lowest BCUT2D eigenvalue weighted by Crippen LogP contribution is -2.20. The van der Waals surface area contributed by atoms with Gasteiger partial charge in [0.2, 0.25) is 0 Å². The molecule has 0 amide bonds. The van der Waals surface area contributed by atoms with Crippen molar-refractivity contribution in [2.75, 3.05) is 24.6 Å². The van der Waals surface area contributed by atoms with Crippen LogP contribution in [0.2, 0.25) is 0 Å². The molecule has 2 atom stereocenters. The molecule has 0 aliphatic carbocycles. The Morgan fingerprint density at radius 3 is 0.737 bits per heavy atom. The summed E-state index contributed by atoms with van der Waals surface area (Å²) in [4.78, 5) is 0. The van der Waals surface area contributed by atoms with E-state index < -0.39 is 31.7 Å². The van der Waals surface area contributed by atoms with Crippen molar-refractivity contribution in [2.24, 2.45) is 0 Å². The molecule has 8 aromatic carbocycles. The SMILES string of the molecule is c1ccc(P(CCCP(c2ccccc2)c2cccc(-c3cccc(P(CCP(c4ccccc4)c4ccccc4)c4ccccc4)c3)c2)c2ccccc2)cc1. The molecular weight excluding hydrogens is 760 g/mol. The van der Waals surface area contributed by atoms with E-state index in [4.69, 9.17) is 0 Å². The molecule has 0 aliphatic heterocycles. The van der Waals surface area contributed by atoms with E-state index in [2.05, 4.69) is 231 Å². The van der Waals surface area contributed by atoms with Gasteiger partial charge in [-0.3, -0.25) is 0 Å². The molecule has 0 spiro atoms. The van der Waals surface area contributed by atoms with Crippen LogP contribution in [0.1, 0.15) is 6.42 Å². The van der Waals surface area contributed by atoms with Gasteiger partial charge in [0.15, 0.2) is 0 Å². The Morgan fingerprint density at radius 1 is 0.211 bits per heavy atom. The zero-order valence-corrected chi connectivity index (χ0v) is 35.8. The van der Waals surface area contributed by atoms with Crippen molar-refractivity contribution < 1.29 is 0 Å². The van der Waals surface area contributed by atoms with E-state index in [1.165, 1.54) is 72.3 Å². The highest BCUT2D eigenvalue weighted by molar-refractivity contribution is 7.76. The Balaban J connectivity index is 1.07. The van der Waals surface area contributed by atoms with E-state index in [0.29, 0.717) is 0 Å². The summed E-state index contributed by atoms with van der Waals surface area (Å²) in [6.45, 7) is 0. The highest BCUT2D eigenvalue weighted by Crippen LogP contribution is 2.43. The van der Waals surface area contributed by atoms with Crippen molar-refractivity contribution in [2.45, 2.75) is 6.42 Å². The van der Waals surface area contributed by atoms with Gasteiger partial charge in [-0.2, -0.15) is 0 Å². The summed E-state index contributed by atoms with van der Waals surface area (Å²) < 4.78 is 0. The molecule has 2 unspecified atom stereocenters. The molecule has 8 rings (SSSR count). The van der Waals surface area contributed by atoms with Crippen molar-refractivity contribution in [3.8, 4) is 11.1 Å². The largest absolute Gasteiger partial charge is 0.0622 e. The summed E-state index contributed by atoms with van der Waals surface area (Å²) in [6, 6.07) is 86.3. The van der Waals surface area contributed by atoms with Gasteiger partial charge in [-0.15, -0.1) is 0 Å². The molecule has 57 heavy (non-hydrogen) atoms. The molecule has 0 aliphatic rings. The minimum Gasteiger partial charge on any atom is -0.0622 e. The summed E-state index contributed by atoms with van der Waals surface area (Å²) in [7, 11) is -1.96. The van der Waals surface area contributed by atoms with Crippen molar-refractivity contribution in [1.82, 2.24) is 0 Å². The number of rotatable bonds is 16. The zero-order chi connectivity index (χ0) is 38.5. The van der Waals surface area contributed by atoms with E-state index in [9.17, 15) is 0 Å². The second-order valence-corrected chi connectivity index (χ2v) is 23.4. The third kappa shape index (κ3) is 10.3. The predicted molar refractivity (Wildman–Crippen MR) is 259 cm³/mol. The van der Waals surface area contributed by atoms with Gasteiger partial charge in [-0.1, -0.05) is 218 Å². The van der Waals surface area contributed by atoms with Crippen molar-refractivity contribution >= 4 is 74.1 Å². The Morgan fingerprint density at radius 2 is 0.439 bits per heavy atom. The maximum atomic E-state index is 2.50. The first kappa shape index (κ1) is 39.3. The highest BCUT2D eigenvalue weighted by atomic mass is 31.1. The fourth-order valence-corrected chi connectivity index (χ4v) is 17.9. The minimum absolute atomic E-state index is 0.412. The van der Waals surface area contributed by atoms with Crippen LogP contribution in [0.4, 0.5) is 0 Å². The zero-order valence-electron chi connectivity index (χ0n) is 32.3. The van der Waals surface area contributed by atoms with Crippen molar-refractivity contribution in [3.63, 3.8) is 0 Å². The van der Waals surface area contributed by atoms with E-state index >= 15 is 0 Å². The standard InChI is InChI=1S/C53H48P4/c1-7-24-46(25-8-1)54(47-26-9-2-10-27-47)38-21-39-55(48-28-11-3-12-29-48)52-36-19-22-44(42-52)45-23-20-37-53(43-45)57(51-34-17-6-18-35-51)41-40-56(49-30-13-4-14-31-49)50-32-15-5-16-33-50/h1-20,22-37,42-43H,21,38-41H2. The number of hydrogen-bond acceptors (Lipinski definition) is 0. The van der Waals surface area contributed by atoms with Crippen LogP contribution in [-0.4, -0.2) is 24.6 Å². The Bertz CT molecular complexity index is 2310. The molecule has 0 heterocycles. The van der Waals surface area contributed by atoms with E-state index in [-0.39, 0.29) is 0 Å². The van der Waals surface area contributed by atoms with Gasteiger partial charge in [0, 0.05) is 0 Å². The Kier molecular flexibility index (Phi) is 14.0. The normalized spacial score (nSPS) is 12.4. The summed E-state index contributed by atoms with van der Waals surface area (Å²) in [5.41, 5.74) is 2.62. The molecule has 0 N–H and O–H groups in total. The van der Waals surface area contributed by atoms with Crippen LogP contribution in [-0.2, 0) is 0 Å². The average Bonchev–Trinajstić information content (AvgIpc) is 3.30. The third-order valence-corrected chi connectivity index (χ3v) is 20.9. The van der Waals surface area contributed by atoms with Gasteiger partial charge >= 0.3 is 0 Å². The minimum atomic E-state index is -0.558. The summed E-state index contributed by atoms with van der Waals surface area (Å²) in [5.74, 6) is 0. The van der Waals surface area contributed by atoms with Gasteiger partial charge in [0.25, 0.3) is 0 Å². The van der Waals surface area contributed by atoms with Gasteiger partial charge in [0.05, 0.1) is 0 Å². The highest BCUT2D eigenvalue weighted by Gasteiger charge is 2.21. The second kappa shape index (κ2) is 20.3. The summed E-state index contributed by atoms with van der Waals surface area (Å²) in [6.07, 6.45) is 5.85. The fraction of sp³-hybridized carbons (Fsp3) is 0.0943. The van der Waals surface area contributed by atoms with Crippen LogP contribution in [0.5, 0.6) is 0 Å². The van der Waals surface area contributed by atoms with Crippen molar-refractivity contribution in [1.29, 1.82) is 0 Å². The topological polar surface area (TPSA) is 0 Å². The first-order valence-electron chi connectivity index (χ1n) is 19.9. The van der Waals surface area contributed by atoms with E-state index in [1.807, 2.05) is 0 Å². The summed E-state index contributed by atoms with van der Waals surface area (Å²) in [5, 5.41) is 11.7. The molecule has 0 saturated carbocycles. The molecule has 0 bridgehead atoms. The molecule has 4 heteroatoms. The van der Waals surface area contributed by atoms with Gasteiger partial charge in [-0.25, -0.2) is 0 Å². The molecule has 0 nitrogen and oxygen atoms in total. The number of benzene rings is 8. The molecule has 0 aromatic heterocycles. The lowest BCUT2D eigenvalue weighted by molar-refractivity contribution is 1.11. The van der Waals surface area contributed by atoms with Gasteiger partial charge in [-0.05, 0) is 128 Å². The lowest BCUT2D eigenvalue weighted by atomic mass is 10.1. The average molecular weight is 809 g/mol. The monoisotopic (exact) mass is 808 g/mol. The van der Waals surface area contributed by atoms with Crippen LogP contribution < -0.4 is 42.4 Å². The predicted octanol–water partition coefficient (Wildman–Crippen LogP) is 10.9. The fourth-order valence-electron chi connectivity index (χ4n) is 7.57. The molecule has 0 saturated heterocycles. The smallest absolute Gasteiger partial charge is 0.0177 e. The Hall–Kier alpha value is -4.52. The van der Waals surface area contributed by atoms with Crippen LogP contribution in [0, 0.1) is 0 Å². The quantitative estimate of drug-likeness (QED) is 0.0853. The summed E-state index contributed by atoms with van der Waals surface area (Å²) >= 11 is 0. The van der Waals surface area contributed by atoms with Gasteiger partial charge < -0.3 is 0 Å². The molecule has 0 radical (unpaired) electrons. The molecule has 8 aromatic rings.